The molecular weight excluding hydrogens is 386 g/mol. The molecule has 9 heteroatoms. The molecule has 1 atom stereocenters. The fourth-order valence-corrected chi connectivity index (χ4v) is 4.00. The number of anilines is 2. The molecule has 1 saturated heterocycles. The van der Waals surface area contributed by atoms with Crippen molar-refractivity contribution >= 4 is 23.5 Å². The van der Waals surface area contributed by atoms with Gasteiger partial charge in [0, 0.05) is 37.4 Å². The predicted octanol–water partition coefficient (Wildman–Crippen LogP) is 2.08. The van der Waals surface area contributed by atoms with E-state index in [1.165, 1.54) is 18.1 Å². The molecule has 2 aromatic rings. The summed E-state index contributed by atoms with van der Waals surface area (Å²) in [6, 6.07) is 6.04. The van der Waals surface area contributed by atoms with Gasteiger partial charge in [-0.1, -0.05) is 6.07 Å². The Labute approximate surface area is 175 Å². The number of ether oxygens (including phenoxy) is 2. The molecule has 0 spiro atoms. The summed E-state index contributed by atoms with van der Waals surface area (Å²) in [5, 5.41) is 13.7. The quantitative estimate of drug-likeness (QED) is 0.600. The van der Waals surface area contributed by atoms with Gasteiger partial charge in [0.15, 0.2) is 5.82 Å². The Morgan fingerprint density at radius 3 is 3.07 bits per heavy atom. The van der Waals surface area contributed by atoms with Crippen LogP contribution >= 0.6 is 0 Å². The highest BCUT2D eigenvalue weighted by Crippen LogP contribution is 2.36. The average molecular weight is 413 g/mol. The standard InChI is InChI=1S/C21H27N5O4/c1-13(27)23-11-16-12-26(21(28)30-16)15-6-7-17-14(10-15)4-3-5-18-19(17)24-25-20(18)22-8-9-29-2/h6-7,10,16H,3-5,8-9,11-12H2,1-2H3,(H,23,27)(H2,22,24,25). The van der Waals surface area contributed by atoms with Crippen molar-refractivity contribution in [2.45, 2.75) is 32.3 Å². The molecule has 0 bridgehead atoms. The number of nitrogens with zero attached hydrogens (tertiary/aromatic N) is 2. The third-order valence-electron chi connectivity index (χ3n) is 5.46. The Bertz CT molecular complexity index is 941. The molecule has 30 heavy (non-hydrogen) atoms. The normalized spacial score (nSPS) is 17.7. The number of H-pyrrole nitrogens is 1. The number of hydrogen-bond donors (Lipinski definition) is 3. The van der Waals surface area contributed by atoms with Crippen molar-refractivity contribution < 1.29 is 19.1 Å². The van der Waals surface area contributed by atoms with E-state index >= 15 is 0 Å². The van der Waals surface area contributed by atoms with Crippen LogP contribution in [0.5, 0.6) is 0 Å². The molecule has 3 N–H and O–H groups in total. The van der Waals surface area contributed by atoms with Gasteiger partial charge in [-0.15, -0.1) is 0 Å². The SMILES string of the molecule is COCCNc1n[nH]c2c1CCCc1cc(N3CC(CNC(C)=O)OC3=O)ccc1-2. The van der Waals surface area contributed by atoms with Crippen molar-refractivity contribution in [2.24, 2.45) is 0 Å². The third-order valence-corrected chi connectivity index (χ3v) is 5.46. The Hall–Kier alpha value is -3.07. The topological polar surface area (TPSA) is 109 Å². The van der Waals surface area contributed by atoms with Crippen LogP contribution in [0.1, 0.15) is 24.5 Å². The minimum Gasteiger partial charge on any atom is -0.442 e. The molecule has 2 amide bonds. The minimum atomic E-state index is -0.384. The van der Waals surface area contributed by atoms with Crippen molar-refractivity contribution in [2.75, 3.05) is 43.6 Å². The Morgan fingerprint density at radius 2 is 2.27 bits per heavy atom. The molecule has 2 heterocycles. The van der Waals surface area contributed by atoms with Crippen molar-refractivity contribution in [3.63, 3.8) is 0 Å². The van der Waals surface area contributed by atoms with E-state index in [1.807, 2.05) is 12.1 Å². The van der Waals surface area contributed by atoms with Gasteiger partial charge in [-0.3, -0.25) is 14.8 Å². The Balaban J connectivity index is 1.54. The maximum absolute atomic E-state index is 12.3. The number of carbonyl (C=O) groups is 2. The van der Waals surface area contributed by atoms with Gasteiger partial charge >= 0.3 is 6.09 Å². The fraction of sp³-hybridized carbons (Fsp3) is 0.476. The first-order valence-corrected chi connectivity index (χ1v) is 10.2. The van der Waals surface area contributed by atoms with Crippen LogP contribution in [0.15, 0.2) is 18.2 Å². The van der Waals surface area contributed by atoms with E-state index in [9.17, 15) is 9.59 Å². The summed E-state index contributed by atoms with van der Waals surface area (Å²) in [7, 11) is 1.68. The lowest BCUT2D eigenvalue weighted by Gasteiger charge is -2.16. The second kappa shape index (κ2) is 8.74. The van der Waals surface area contributed by atoms with Gasteiger partial charge in [0.1, 0.15) is 6.10 Å². The van der Waals surface area contributed by atoms with Gasteiger partial charge in [-0.25, -0.2) is 4.79 Å². The number of benzene rings is 1. The summed E-state index contributed by atoms with van der Waals surface area (Å²) in [5.41, 5.74) is 5.32. The van der Waals surface area contributed by atoms with E-state index in [-0.39, 0.29) is 18.1 Å². The van der Waals surface area contributed by atoms with Crippen molar-refractivity contribution in [3.8, 4) is 11.3 Å². The molecule has 2 aliphatic rings. The molecule has 1 fully saturated rings. The number of hydrogen-bond acceptors (Lipinski definition) is 6. The van der Waals surface area contributed by atoms with Crippen molar-refractivity contribution in [1.82, 2.24) is 15.5 Å². The minimum absolute atomic E-state index is 0.138. The summed E-state index contributed by atoms with van der Waals surface area (Å²) in [4.78, 5) is 25.1. The molecular formula is C21H27N5O4. The van der Waals surface area contributed by atoms with Gasteiger partial charge < -0.3 is 20.1 Å². The average Bonchev–Trinajstić information content (AvgIpc) is 3.24. The molecule has 4 rings (SSSR count). The molecule has 0 saturated carbocycles. The van der Waals surface area contributed by atoms with Crippen molar-refractivity contribution in [3.05, 3.63) is 29.3 Å². The van der Waals surface area contributed by atoms with Gasteiger partial charge in [-0.05, 0) is 37.0 Å². The lowest BCUT2D eigenvalue weighted by Crippen LogP contribution is -2.33. The Morgan fingerprint density at radius 1 is 1.40 bits per heavy atom. The lowest BCUT2D eigenvalue weighted by molar-refractivity contribution is -0.119. The Kier molecular flexibility index (Phi) is 5.89. The summed E-state index contributed by atoms with van der Waals surface area (Å²) >= 11 is 0. The molecule has 1 aliphatic carbocycles. The van der Waals surface area contributed by atoms with Gasteiger partial charge in [0.25, 0.3) is 0 Å². The van der Waals surface area contributed by atoms with Crippen LogP contribution in [0.25, 0.3) is 11.3 Å². The number of amides is 2. The van der Waals surface area contributed by atoms with E-state index in [2.05, 4.69) is 26.9 Å². The molecule has 1 aromatic carbocycles. The van der Waals surface area contributed by atoms with Crippen molar-refractivity contribution in [1.29, 1.82) is 0 Å². The van der Waals surface area contributed by atoms with Gasteiger partial charge in [-0.2, -0.15) is 5.10 Å². The predicted molar refractivity (Wildman–Crippen MR) is 113 cm³/mol. The highest BCUT2D eigenvalue weighted by Gasteiger charge is 2.33. The third kappa shape index (κ3) is 4.11. The second-order valence-corrected chi connectivity index (χ2v) is 7.59. The maximum Gasteiger partial charge on any atom is 0.414 e. The van der Waals surface area contributed by atoms with Gasteiger partial charge in [0.05, 0.1) is 25.4 Å². The van der Waals surface area contributed by atoms with Crippen LogP contribution < -0.4 is 15.5 Å². The van der Waals surface area contributed by atoms with Crippen LogP contribution in [-0.2, 0) is 27.1 Å². The molecule has 9 nitrogen and oxygen atoms in total. The van der Waals surface area contributed by atoms with E-state index in [0.717, 1.165) is 42.0 Å². The number of carbonyl (C=O) groups excluding carboxylic acids is 2. The second-order valence-electron chi connectivity index (χ2n) is 7.59. The number of aromatic amines is 1. The number of fused-ring (bicyclic) bond motifs is 3. The molecule has 1 aliphatic heterocycles. The maximum atomic E-state index is 12.3. The highest BCUT2D eigenvalue weighted by atomic mass is 16.6. The first-order chi connectivity index (χ1) is 14.6. The number of rotatable bonds is 7. The number of aromatic nitrogens is 2. The first-order valence-electron chi connectivity index (χ1n) is 10.2. The summed E-state index contributed by atoms with van der Waals surface area (Å²) in [6.45, 7) is 3.51. The van der Waals surface area contributed by atoms with E-state index in [1.54, 1.807) is 12.0 Å². The van der Waals surface area contributed by atoms with Crippen LogP contribution in [0.2, 0.25) is 0 Å². The van der Waals surface area contributed by atoms with E-state index in [4.69, 9.17) is 9.47 Å². The monoisotopic (exact) mass is 413 g/mol. The molecule has 160 valence electrons. The smallest absolute Gasteiger partial charge is 0.414 e. The van der Waals surface area contributed by atoms with Crippen LogP contribution in [-0.4, -0.2) is 61.7 Å². The highest BCUT2D eigenvalue weighted by molar-refractivity contribution is 5.90. The molecule has 1 aromatic heterocycles. The van der Waals surface area contributed by atoms with E-state index in [0.29, 0.717) is 26.2 Å². The van der Waals surface area contributed by atoms with Gasteiger partial charge in [0.2, 0.25) is 5.91 Å². The summed E-state index contributed by atoms with van der Waals surface area (Å²) < 4.78 is 10.5. The number of nitrogens with one attached hydrogen (secondary N) is 3. The molecule has 0 radical (unpaired) electrons. The first kappa shape index (κ1) is 20.2. The van der Waals surface area contributed by atoms with E-state index < -0.39 is 0 Å². The van der Waals surface area contributed by atoms with Crippen LogP contribution in [0.4, 0.5) is 16.3 Å². The zero-order chi connectivity index (χ0) is 21.1. The van der Waals surface area contributed by atoms with Crippen LogP contribution in [0.3, 0.4) is 0 Å². The largest absolute Gasteiger partial charge is 0.442 e. The fourth-order valence-electron chi connectivity index (χ4n) is 4.00. The summed E-state index contributed by atoms with van der Waals surface area (Å²) in [6.07, 6.45) is 2.11. The zero-order valence-corrected chi connectivity index (χ0v) is 17.3. The lowest BCUT2D eigenvalue weighted by atomic mass is 10.0. The number of cyclic esters (lactones) is 1. The molecule has 1 unspecified atom stereocenters. The number of methoxy groups -OCH3 is 1. The summed E-state index contributed by atoms with van der Waals surface area (Å²) in [5.74, 6) is 0.740. The zero-order valence-electron chi connectivity index (χ0n) is 17.3. The number of aryl methyl sites for hydroxylation is 1. The van der Waals surface area contributed by atoms with Crippen LogP contribution in [0, 0.1) is 0 Å².